The molecular weight excluding hydrogens is 362 g/mol. The Hall–Kier alpha value is -2.17. The van der Waals surface area contributed by atoms with Gasteiger partial charge in [0.2, 0.25) is 0 Å². The minimum absolute atomic E-state index is 0.0709. The van der Waals surface area contributed by atoms with Crippen molar-refractivity contribution in [1.29, 1.82) is 0 Å². The summed E-state index contributed by atoms with van der Waals surface area (Å²) in [6, 6.07) is 14.7. The van der Waals surface area contributed by atoms with Crippen molar-refractivity contribution in [2.75, 3.05) is 13.1 Å². The molecule has 0 aliphatic carbocycles. The van der Waals surface area contributed by atoms with Gasteiger partial charge in [0.1, 0.15) is 6.61 Å². The lowest BCUT2D eigenvalue weighted by Gasteiger charge is -2.18. The van der Waals surface area contributed by atoms with E-state index in [4.69, 9.17) is 16.3 Å². The second kappa shape index (κ2) is 10.9. The van der Waals surface area contributed by atoms with E-state index in [2.05, 4.69) is 30.9 Å². The van der Waals surface area contributed by atoms with Crippen LogP contribution in [0, 0.1) is 0 Å². The van der Waals surface area contributed by atoms with E-state index < -0.39 is 0 Å². The summed E-state index contributed by atoms with van der Waals surface area (Å²) in [5, 5.41) is 0.578. The highest BCUT2D eigenvalue weighted by Gasteiger charge is 2.10. The van der Waals surface area contributed by atoms with E-state index in [1.165, 1.54) is 5.56 Å². The minimum Gasteiger partial charge on any atom is -0.461 e. The van der Waals surface area contributed by atoms with Gasteiger partial charge in [-0.25, -0.2) is 0 Å². The molecule has 2 aromatic rings. The first kappa shape index (κ1) is 21.1. The van der Waals surface area contributed by atoms with Gasteiger partial charge in [-0.05, 0) is 48.5 Å². The largest absolute Gasteiger partial charge is 0.461 e. The molecule has 0 radical (unpaired) electrons. The van der Waals surface area contributed by atoms with Crippen molar-refractivity contribution in [2.24, 2.45) is 0 Å². The number of hydrogen-bond donors (Lipinski definition) is 0. The van der Waals surface area contributed by atoms with Crippen molar-refractivity contribution in [1.82, 2.24) is 4.90 Å². The number of carbonyl (C=O) groups excluding carboxylic acids is 2. The molecule has 2 aromatic carbocycles. The van der Waals surface area contributed by atoms with Gasteiger partial charge in [-0.1, -0.05) is 49.7 Å². The Morgan fingerprint density at radius 3 is 2.07 bits per heavy atom. The number of ether oxygens (including phenoxy) is 1. The summed E-state index contributed by atoms with van der Waals surface area (Å²) in [7, 11) is 0. The van der Waals surface area contributed by atoms with Gasteiger partial charge in [0, 0.05) is 23.6 Å². The zero-order chi connectivity index (χ0) is 19.6. The first-order valence-electron chi connectivity index (χ1n) is 9.26. The third-order valence-electron chi connectivity index (χ3n) is 4.45. The quantitative estimate of drug-likeness (QED) is 0.430. The summed E-state index contributed by atoms with van der Waals surface area (Å²) in [6.07, 6.45) is 0.199. The van der Waals surface area contributed by atoms with Crippen LogP contribution in [0.25, 0.3) is 0 Å². The van der Waals surface area contributed by atoms with Crippen LogP contribution in [0.5, 0.6) is 0 Å². The molecule has 0 bridgehead atoms. The summed E-state index contributed by atoms with van der Waals surface area (Å²) in [5.41, 5.74) is 2.73. The van der Waals surface area contributed by atoms with Crippen LogP contribution in [0.4, 0.5) is 0 Å². The van der Waals surface area contributed by atoms with E-state index in [1.807, 2.05) is 12.1 Å². The molecule has 0 N–H and O–H groups in total. The third kappa shape index (κ3) is 7.16. The molecule has 0 unspecified atom stereocenters. The van der Waals surface area contributed by atoms with Gasteiger partial charge >= 0.3 is 5.97 Å². The molecule has 5 heteroatoms. The van der Waals surface area contributed by atoms with E-state index in [9.17, 15) is 9.59 Å². The average Bonchev–Trinajstić information content (AvgIpc) is 2.70. The lowest BCUT2D eigenvalue weighted by atomic mass is 10.1. The number of ketones is 1. The Kier molecular flexibility index (Phi) is 8.49. The standard InChI is InChI=1S/C22H26ClNO3/c1-3-24(4-2)15-17-5-7-18(8-6-17)16-27-22(26)14-13-21(25)19-9-11-20(23)12-10-19/h5-12H,3-4,13-16H2,1-2H3. The van der Waals surface area contributed by atoms with Crippen LogP contribution in [-0.4, -0.2) is 29.7 Å². The number of hydrogen-bond acceptors (Lipinski definition) is 4. The normalized spacial score (nSPS) is 10.8. The van der Waals surface area contributed by atoms with Gasteiger partial charge in [-0.15, -0.1) is 0 Å². The summed E-state index contributed by atoms with van der Waals surface area (Å²) in [4.78, 5) is 26.3. The maximum Gasteiger partial charge on any atom is 0.306 e. The second-order valence-electron chi connectivity index (χ2n) is 6.37. The SMILES string of the molecule is CCN(CC)Cc1ccc(COC(=O)CCC(=O)c2ccc(Cl)cc2)cc1. The van der Waals surface area contributed by atoms with Gasteiger partial charge in [0.25, 0.3) is 0 Å². The molecular formula is C22H26ClNO3. The highest BCUT2D eigenvalue weighted by atomic mass is 35.5. The van der Waals surface area contributed by atoms with Crippen molar-refractivity contribution in [3.63, 3.8) is 0 Å². The Labute approximate surface area is 166 Å². The van der Waals surface area contributed by atoms with E-state index in [0.29, 0.717) is 10.6 Å². The number of esters is 1. The number of Topliss-reactive ketones (excluding diaryl/α,β-unsaturated/α-hetero) is 1. The monoisotopic (exact) mass is 387 g/mol. The Morgan fingerprint density at radius 1 is 0.889 bits per heavy atom. The van der Waals surface area contributed by atoms with Crippen molar-refractivity contribution in [3.05, 3.63) is 70.2 Å². The van der Waals surface area contributed by atoms with Crippen molar-refractivity contribution >= 4 is 23.4 Å². The molecule has 0 aliphatic heterocycles. The maximum absolute atomic E-state index is 12.1. The summed E-state index contributed by atoms with van der Waals surface area (Å²) >= 11 is 5.80. The predicted molar refractivity (Wildman–Crippen MR) is 108 cm³/mol. The Balaban J connectivity index is 1.75. The van der Waals surface area contributed by atoms with Gasteiger partial charge < -0.3 is 4.74 Å². The molecule has 0 amide bonds. The number of halogens is 1. The first-order chi connectivity index (χ1) is 13.0. The predicted octanol–water partition coefficient (Wildman–Crippen LogP) is 4.89. The van der Waals surface area contributed by atoms with Crippen LogP contribution in [0.3, 0.4) is 0 Å². The van der Waals surface area contributed by atoms with Crippen LogP contribution in [-0.2, 0) is 22.7 Å². The number of carbonyl (C=O) groups is 2. The van der Waals surface area contributed by atoms with E-state index >= 15 is 0 Å². The molecule has 0 saturated heterocycles. The first-order valence-corrected chi connectivity index (χ1v) is 9.64. The van der Waals surface area contributed by atoms with E-state index in [0.717, 1.165) is 25.2 Å². The summed E-state index contributed by atoms with van der Waals surface area (Å²) < 4.78 is 5.27. The maximum atomic E-state index is 12.1. The molecule has 0 aromatic heterocycles. The molecule has 0 aliphatic rings. The number of rotatable bonds is 10. The van der Waals surface area contributed by atoms with Gasteiger partial charge in [-0.3, -0.25) is 14.5 Å². The second-order valence-corrected chi connectivity index (χ2v) is 6.81. The fourth-order valence-electron chi connectivity index (χ4n) is 2.68. The lowest BCUT2D eigenvalue weighted by molar-refractivity contribution is -0.144. The van der Waals surface area contributed by atoms with Crippen LogP contribution in [0.1, 0.15) is 48.2 Å². The molecule has 2 rings (SSSR count). The lowest BCUT2D eigenvalue weighted by Crippen LogP contribution is -2.22. The Morgan fingerprint density at radius 2 is 1.48 bits per heavy atom. The number of nitrogens with zero attached hydrogens (tertiary/aromatic N) is 1. The van der Waals surface area contributed by atoms with Gasteiger partial charge in [0.05, 0.1) is 6.42 Å². The summed E-state index contributed by atoms with van der Waals surface area (Å²) in [5.74, 6) is -0.464. The highest BCUT2D eigenvalue weighted by Crippen LogP contribution is 2.13. The van der Waals surface area contributed by atoms with Crippen LogP contribution >= 0.6 is 11.6 Å². The smallest absolute Gasteiger partial charge is 0.306 e. The molecule has 0 atom stereocenters. The fraction of sp³-hybridized carbons (Fsp3) is 0.364. The molecule has 0 saturated carbocycles. The van der Waals surface area contributed by atoms with Crippen molar-refractivity contribution < 1.29 is 14.3 Å². The summed E-state index contributed by atoms with van der Waals surface area (Å²) in [6.45, 7) is 7.47. The van der Waals surface area contributed by atoms with Gasteiger partial charge in [0.15, 0.2) is 5.78 Å². The molecule has 0 spiro atoms. The molecule has 27 heavy (non-hydrogen) atoms. The zero-order valence-electron chi connectivity index (χ0n) is 15.9. The van der Waals surface area contributed by atoms with Crippen LogP contribution in [0.15, 0.2) is 48.5 Å². The minimum atomic E-state index is -0.371. The third-order valence-corrected chi connectivity index (χ3v) is 4.70. The van der Waals surface area contributed by atoms with E-state index in [-0.39, 0.29) is 31.2 Å². The van der Waals surface area contributed by atoms with Crippen molar-refractivity contribution in [3.8, 4) is 0 Å². The van der Waals surface area contributed by atoms with Crippen LogP contribution in [0.2, 0.25) is 5.02 Å². The molecule has 4 nitrogen and oxygen atoms in total. The molecule has 0 fully saturated rings. The van der Waals surface area contributed by atoms with Gasteiger partial charge in [-0.2, -0.15) is 0 Å². The topological polar surface area (TPSA) is 46.6 Å². The average molecular weight is 388 g/mol. The Bertz CT molecular complexity index is 737. The van der Waals surface area contributed by atoms with E-state index in [1.54, 1.807) is 24.3 Å². The molecule has 0 heterocycles. The van der Waals surface area contributed by atoms with Crippen molar-refractivity contribution in [2.45, 2.75) is 39.8 Å². The van der Waals surface area contributed by atoms with Crippen LogP contribution < -0.4 is 0 Å². The zero-order valence-corrected chi connectivity index (χ0v) is 16.7. The number of benzene rings is 2. The highest BCUT2D eigenvalue weighted by molar-refractivity contribution is 6.30. The molecule has 144 valence electrons. The fourth-order valence-corrected chi connectivity index (χ4v) is 2.80.